The summed E-state index contributed by atoms with van der Waals surface area (Å²) < 4.78 is 0. The van der Waals surface area contributed by atoms with Gasteiger partial charge in [-0.05, 0) is 24.3 Å². The zero-order chi connectivity index (χ0) is 8.69. The SMILES string of the molecule is Cc1ccc(C)cc1.[N-]=[N+]=N. The second-order valence-corrected chi connectivity index (χ2v) is 2.25. The van der Waals surface area contributed by atoms with Crippen molar-refractivity contribution in [2.75, 3.05) is 0 Å². The Kier molecular flexibility index (Phi) is 4.61. The van der Waals surface area contributed by atoms with Crippen LogP contribution in [-0.2, 0) is 0 Å². The smallest absolute Gasteiger partial charge is 0.00208 e. The number of benzene rings is 1. The molecule has 1 aromatic rings. The fourth-order valence-electron chi connectivity index (χ4n) is 0.637. The molecule has 0 aliphatic carbocycles. The molecule has 0 aliphatic rings. The minimum Gasteiger partial charge on any atom is -0.108 e. The predicted octanol–water partition coefficient (Wildman–Crippen LogP) is 3.18. The lowest BCUT2D eigenvalue weighted by Gasteiger charge is -1.90. The summed E-state index contributed by atoms with van der Waals surface area (Å²) in [7, 11) is 0. The van der Waals surface area contributed by atoms with Crippen LogP contribution in [-0.4, -0.2) is 0 Å². The third-order valence-electron chi connectivity index (χ3n) is 1.22. The van der Waals surface area contributed by atoms with Gasteiger partial charge in [0.2, 0.25) is 0 Å². The first kappa shape index (κ1) is 9.53. The summed E-state index contributed by atoms with van der Waals surface area (Å²) in [5, 5.41) is 0. The van der Waals surface area contributed by atoms with Gasteiger partial charge in [-0.2, -0.15) is 0 Å². The van der Waals surface area contributed by atoms with E-state index in [1.807, 2.05) is 0 Å². The highest BCUT2D eigenvalue weighted by Gasteiger charge is 1.79. The molecule has 0 aromatic heterocycles. The van der Waals surface area contributed by atoms with Crippen molar-refractivity contribution in [3.05, 3.63) is 45.8 Å². The lowest BCUT2D eigenvalue weighted by Crippen LogP contribution is -1.70. The van der Waals surface area contributed by atoms with E-state index >= 15 is 0 Å². The lowest BCUT2D eigenvalue weighted by atomic mass is 10.2. The van der Waals surface area contributed by atoms with Gasteiger partial charge in [0.15, 0.2) is 0 Å². The van der Waals surface area contributed by atoms with Crippen LogP contribution in [0.3, 0.4) is 0 Å². The van der Waals surface area contributed by atoms with Crippen molar-refractivity contribution in [3.8, 4) is 0 Å². The topological polar surface area (TPSA) is 60.3 Å². The number of aryl methyl sites for hydroxylation is 2. The van der Waals surface area contributed by atoms with Gasteiger partial charge in [-0.25, -0.2) is 0 Å². The number of nitrogens with one attached hydrogen (secondary N) is 1. The minimum atomic E-state index is 1.33. The van der Waals surface area contributed by atoms with Crippen molar-refractivity contribution in [1.29, 1.82) is 5.53 Å². The van der Waals surface area contributed by atoms with Gasteiger partial charge in [0.25, 0.3) is 0 Å². The van der Waals surface area contributed by atoms with E-state index in [4.69, 9.17) is 11.1 Å². The van der Waals surface area contributed by atoms with Crippen LogP contribution in [0.2, 0.25) is 0 Å². The molecule has 11 heavy (non-hydrogen) atoms. The Bertz CT molecular complexity index is 211. The van der Waals surface area contributed by atoms with E-state index < -0.39 is 0 Å². The van der Waals surface area contributed by atoms with Crippen LogP contribution < -0.4 is 0 Å². The van der Waals surface area contributed by atoms with Crippen LogP contribution in [0, 0.1) is 19.4 Å². The molecule has 58 valence electrons. The number of rotatable bonds is 0. The van der Waals surface area contributed by atoms with Gasteiger partial charge in [-0.3, -0.25) is 0 Å². The summed E-state index contributed by atoms with van der Waals surface area (Å²) in [5.41, 5.74) is 14.9. The maximum absolute atomic E-state index is 6.86. The normalized spacial score (nSPS) is 7.45. The molecule has 0 saturated heterocycles. The van der Waals surface area contributed by atoms with Gasteiger partial charge in [0, 0.05) is 0 Å². The summed E-state index contributed by atoms with van der Waals surface area (Å²) in [5.74, 6) is 0. The molecular formula is C8H11N3. The molecule has 0 radical (unpaired) electrons. The van der Waals surface area contributed by atoms with Crippen LogP contribution in [0.25, 0.3) is 10.4 Å². The average molecular weight is 149 g/mol. The summed E-state index contributed by atoms with van der Waals surface area (Å²) in [4.78, 5) is 1.75. The van der Waals surface area contributed by atoms with E-state index in [9.17, 15) is 0 Å². The fraction of sp³-hybridized carbons (Fsp3) is 0.250. The molecule has 1 rings (SSSR count). The Hall–Kier alpha value is -1.47. The van der Waals surface area contributed by atoms with Gasteiger partial charge in [-0.1, -0.05) is 35.4 Å². The van der Waals surface area contributed by atoms with Crippen LogP contribution >= 0.6 is 0 Å². The van der Waals surface area contributed by atoms with Crippen LogP contribution in [0.5, 0.6) is 0 Å². The van der Waals surface area contributed by atoms with Crippen molar-refractivity contribution in [2.24, 2.45) is 0 Å². The zero-order valence-electron chi connectivity index (χ0n) is 6.70. The first-order valence-electron chi connectivity index (χ1n) is 3.24. The van der Waals surface area contributed by atoms with E-state index in [0.717, 1.165) is 0 Å². The van der Waals surface area contributed by atoms with E-state index in [0.29, 0.717) is 0 Å². The van der Waals surface area contributed by atoms with E-state index in [-0.39, 0.29) is 0 Å². The third-order valence-corrected chi connectivity index (χ3v) is 1.22. The number of hydrogen-bond acceptors (Lipinski definition) is 1. The number of nitrogens with zero attached hydrogens (tertiary/aromatic N) is 2. The Morgan fingerprint density at radius 1 is 1.09 bits per heavy atom. The first-order valence-corrected chi connectivity index (χ1v) is 3.24. The fourth-order valence-corrected chi connectivity index (χ4v) is 0.637. The Morgan fingerprint density at radius 3 is 1.45 bits per heavy atom. The van der Waals surface area contributed by atoms with Crippen LogP contribution in [0.1, 0.15) is 11.1 Å². The molecule has 3 heteroatoms. The highest BCUT2D eigenvalue weighted by atomic mass is 15.0. The monoisotopic (exact) mass is 149 g/mol. The highest BCUT2D eigenvalue weighted by Crippen LogP contribution is 1.99. The van der Waals surface area contributed by atoms with E-state index in [1.54, 1.807) is 4.91 Å². The first-order chi connectivity index (χ1) is 5.20. The molecule has 3 nitrogen and oxygen atoms in total. The molecule has 0 fully saturated rings. The molecule has 0 atom stereocenters. The van der Waals surface area contributed by atoms with Gasteiger partial charge in [0.1, 0.15) is 0 Å². The highest BCUT2D eigenvalue weighted by molar-refractivity contribution is 5.19. The molecule has 1 aromatic carbocycles. The van der Waals surface area contributed by atoms with Crippen LogP contribution in [0.15, 0.2) is 24.3 Å². The summed E-state index contributed by atoms with van der Waals surface area (Å²) in [6.45, 7) is 4.19. The quantitative estimate of drug-likeness (QED) is 0.334. The molecule has 1 N–H and O–H groups in total. The van der Waals surface area contributed by atoms with Gasteiger partial charge >= 0.3 is 0 Å². The van der Waals surface area contributed by atoms with Crippen molar-refractivity contribution >= 4 is 0 Å². The maximum Gasteiger partial charge on any atom is -0.00208 e. The summed E-state index contributed by atoms with van der Waals surface area (Å²) in [6.07, 6.45) is 0. The van der Waals surface area contributed by atoms with Crippen molar-refractivity contribution in [2.45, 2.75) is 13.8 Å². The molecule has 0 bridgehead atoms. The van der Waals surface area contributed by atoms with Crippen LogP contribution in [0.4, 0.5) is 0 Å². The Balaban J connectivity index is 0.000000292. The van der Waals surface area contributed by atoms with Crippen molar-refractivity contribution < 1.29 is 0 Å². The standard InChI is InChI=1S/C8H10.HN3/c1-7-3-5-8(2)6-4-7;1-3-2/h3-6H,1-2H3;1H. The molecule has 0 spiro atoms. The van der Waals surface area contributed by atoms with E-state index in [1.165, 1.54) is 11.1 Å². The van der Waals surface area contributed by atoms with Gasteiger partial charge < -0.3 is 0 Å². The van der Waals surface area contributed by atoms with Gasteiger partial charge in [0.05, 0.1) is 0 Å². The zero-order valence-corrected chi connectivity index (χ0v) is 6.70. The molecule has 0 aliphatic heterocycles. The van der Waals surface area contributed by atoms with Gasteiger partial charge in [-0.15, -0.1) is 5.53 Å². The van der Waals surface area contributed by atoms with E-state index in [2.05, 4.69) is 38.1 Å². The van der Waals surface area contributed by atoms with Crippen molar-refractivity contribution in [3.63, 3.8) is 0 Å². The summed E-state index contributed by atoms with van der Waals surface area (Å²) >= 11 is 0. The maximum atomic E-state index is 6.86. The largest absolute Gasteiger partial charge is 0.108 e. The molecule has 0 amide bonds. The molecule has 0 saturated carbocycles. The lowest BCUT2D eigenvalue weighted by molar-refractivity contribution is 1.40. The second kappa shape index (κ2) is 5.33. The molecule has 0 unspecified atom stereocenters. The summed E-state index contributed by atoms with van der Waals surface area (Å²) in [6, 6.07) is 8.48. The predicted molar refractivity (Wildman–Crippen MR) is 45.4 cm³/mol. The second-order valence-electron chi connectivity index (χ2n) is 2.25. The van der Waals surface area contributed by atoms with Crippen molar-refractivity contribution in [1.82, 2.24) is 0 Å². The average Bonchev–Trinajstić information content (AvgIpc) is 1.97. The Labute approximate surface area is 66.1 Å². The molecule has 0 heterocycles. The molecular weight excluding hydrogens is 138 g/mol. The Morgan fingerprint density at radius 2 is 1.27 bits per heavy atom. The third kappa shape index (κ3) is 5.00. The minimum absolute atomic E-state index is 1.33. The number of hydrogen-bond donors (Lipinski definition) is 1.